The number of aromatic nitrogens is 2. The van der Waals surface area contributed by atoms with E-state index in [1.165, 1.54) is 12.8 Å². The molecular weight excluding hydrogens is 280 g/mol. The molecule has 1 aromatic rings. The second-order valence-corrected chi connectivity index (χ2v) is 6.82. The molecule has 1 saturated heterocycles. The lowest BCUT2D eigenvalue weighted by Crippen LogP contribution is -2.60. The molecular formula is C16H24N4O2. The van der Waals surface area contributed by atoms with Gasteiger partial charge in [-0.15, -0.1) is 0 Å². The van der Waals surface area contributed by atoms with Gasteiger partial charge in [0.1, 0.15) is 0 Å². The lowest BCUT2D eigenvalue weighted by molar-refractivity contribution is -0.125. The van der Waals surface area contributed by atoms with Crippen LogP contribution < -0.4 is 10.6 Å². The van der Waals surface area contributed by atoms with E-state index in [1.807, 2.05) is 0 Å². The molecule has 3 N–H and O–H groups in total. The van der Waals surface area contributed by atoms with Crippen LogP contribution in [0.5, 0.6) is 0 Å². The first-order valence-electron chi connectivity index (χ1n) is 8.45. The van der Waals surface area contributed by atoms with Gasteiger partial charge in [0, 0.05) is 31.4 Å². The number of fused-ring (bicyclic) bond motifs is 2. The number of carbonyl (C=O) groups is 1. The molecule has 6 nitrogen and oxygen atoms in total. The van der Waals surface area contributed by atoms with Gasteiger partial charge in [0.05, 0.1) is 23.6 Å². The monoisotopic (exact) mass is 304 g/mol. The fraction of sp³-hybridized carbons (Fsp3) is 0.750. The normalized spacial score (nSPS) is 27.7. The maximum Gasteiger partial charge on any atom is 0.237 e. The molecule has 3 heterocycles. The lowest BCUT2D eigenvalue weighted by Gasteiger charge is -2.43. The minimum atomic E-state index is -0.205. The number of imidazole rings is 1. The van der Waals surface area contributed by atoms with E-state index in [2.05, 4.69) is 20.6 Å². The van der Waals surface area contributed by atoms with E-state index < -0.39 is 0 Å². The SMILES string of the molecule is O=C(NC1CCCC1)C1Cc2[nH]cnc2C2(CCOCC2)N1. The number of nitrogens with zero attached hydrogens (tertiary/aromatic N) is 1. The Morgan fingerprint density at radius 2 is 2.09 bits per heavy atom. The summed E-state index contributed by atoms with van der Waals surface area (Å²) in [6.07, 6.45) is 8.89. The molecule has 2 aliphatic heterocycles. The maximum absolute atomic E-state index is 12.7. The smallest absolute Gasteiger partial charge is 0.237 e. The first-order valence-corrected chi connectivity index (χ1v) is 8.45. The van der Waals surface area contributed by atoms with Crippen molar-refractivity contribution in [3.05, 3.63) is 17.7 Å². The van der Waals surface area contributed by atoms with E-state index in [0.29, 0.717) is 12.5 Å². The average Bonchev–Trinajstić information content (AvgIpc) is 3.19. The van der Waals surface area contributed by atoms with Gasteiger partial charge in [0.25, 0.3) is 0 Å². The lowest BCUT2D eigenvalue weighted by atomic mass is 9.80. The summed E-state index contributed by atoms with van der Waals surface area (Å²) < 4.78 is 5.51. The van der Waals surface area contributed by atoms with Gasteiger partial charge in [0.2, 0.25) is 5.91 Å². The van der Waals surface area contributed by atoms with E-state index in [9.17, 15) is 4.79 Å². The largest absolute Gasteiger partial charge is 0.381 e. The Morgan fingerprint density at radius 3 is 2.86 bits per heavy atom. The number of ether oxygens (including phenoxy) is 1. The van der Waals surface area contributed by atoms with Crippen LogP contribution in [0.3, 0.4) is 0 Å². The van der Waals surface area contributed by atoms with Gasteiger partial charge in [-0.25, -0.2) is 4.98 Å². The third-order valence-corrected chi connectivity index (χ3v) is 5.39. The first-order chi connectivity index (χ1) is 10.8. The summed E-state index contributed by atoms with van der Waals surface area (Å²) in [5, 5.41) is 6.84. The number of hydrogen-bond acceptors (Lipinski definition) is 4. The van der Waals surface area contributed by atoms with Crippen molar-refractivity contribution in [3.63, 3.8) is 0 Å². The molecule has 120 valence electrons. The van der Waals surface area contributed by atoms with Crippen LogP contribution in [0.4, 0.5) is 0 Å². The van der Waals surface area contributed by atoms with E-state index in [4.69, 9.17) is 4.74 Å². The van der Waals surface area contributed by atoms with Gasteiger partial charge in [-0.3, -0.25) is 10.1 Å². The predicted molar refractivity (Wildman–Crippen MR) is 81.3 cm³/mol. The molecule has 1 spiro atoms. The number of nitrogens with one attached hydrogen (secondary N) is 3. The number of hydrogen-bond donors (Lipinski definition) is 3. The van der Waals surface area contributed by atoms with Crippen LogP contribution in [0.2, 0.25) is 0 Å². The molecule has 1 amide bonds. The topological polar surface area (TPSA) is 79.0 Å². The number of rotatable bonds is 2. The highest BCUT2D eigenvalue weighted by Gasteiger charge is 2.45. The number of carbonyl (C=O) groups excluding carboxylic acids is 1. The highest BCUT2D eigenvalue weighted by molar-refractivity contribution is 5.83. The van der Waals surface area contributed by atoms with Crippen molar-refractivity contribution in [2.24, 2.45) is 0 Å². The summed E-state index contributed by atoms with van der Waals surface area (Å²) >= 11 is 0. The van der Waals surface area contributed by atoms with Crippen molar-refractivity contribution in [1.82, 2.24) is 20.6 Å². The van der Waals surface area contributed by atoms with Crippen LogP contribution in [0.25, 0.3) is 0 Å². The van der Waals surface area contributed by atoms with Gasteiger partial charge in [0.15, 0.2) is 0 Å². The molecule has 1 unspecified atom stereocenters. The predicted octanol–water partition coefficient (Wildman–Crippen LogP) is 0.988. The second kappa shape index (κ2) is 5.66. The Balaban J connectivity index is 1.54. The summed E-state index contributed by atoms with van der Waals surface area (Å²) in [6, 6.07) is 0.190. The summed E-state index contributed by atoms with van der Waals surface area (Å²) in [4.78, 5) is 20.4. The second-order valence-electron chi connectivity index (χ2n) is 6.82. The van der Waals surface area contributed by atoms with E-state index in [0.717, 1.165) is 50.3 Å². The van der Waals surface area contributed by atoms with E-state index in [1.54, 1.807) is 6.33 Å². The fourth-order valence-electron chi connectivity index (χ4n) is 4.18. The van der Waals surface area contributed by atoms with Crippen LogP contribution in [-0.2, 0) is 21.5 Å². The molecule has 6 heteroatoms. The minimum Gasteiger partial charge on any atom is -0.381 e. The third kappa shape index (κ3) is 2.44. The third-order valence-electron chi connectivity index (χ3n) is 5.39. The Kier molecular flexibility index (Phi) is 3.66. The molecule has 0 radical (unpaired) electrons. The molecule has 1 aromatic heterocycles. The highest BCUT2D eigenvalue weighted by atomic mass is 16.5. The number of amides is 1. The maximum atomic E-state index is 12.7. The van der Waals surface area contributed by atoms with Crippen LogP contribution >= 0.6 is 0 Å². The van der Waals surface area contributed by atoms with Gasteiger partial charge in [-0.1, -0.05) is 12.8 Å². The molecule has 0 aromatic carbocycles. The van der Waals surface area contributed by atoms with Crippen molar-refractivity contribution in [1.29, 1.82) is 0 Å². The first kappa shape index (κ1) is 14.2. The van der Waals surface area contributed by atoms with E-state index >= 15 is 0 Å². The molecule has 2 fully saturated rings. The summed E-state index contributed by atoms with van der Waals surface area (Å²) in [6.45, 7) is 1.44. The minimum absolute atomic E-state index is 0.137. The quantitative estimate of drug-likeness (QED) is 0.761. The van der Waals surface area contributed by atoms with Crippen LogP contribution in [0.15, 0.2) is 6.33 Å². The van der Waals surface area contributed by atoms with Crippen molar-refractivity contribution in [3.8, 4) is 0 Å². The van der Waals surface area contributed by atoms with Crippen molar-refractivity contribution < 1.29 is 9.53 Å². The summed E-state index contributed by atoms with van der Waals surface area (Å²) in [5.74, 6) is 0.137. The zero-order chi connectivity index (χ0) is 15.0. The van der Waals surface area contributed by atoms with Crippen molar-refractivity contribution in [2.45, 2.75) is 62.6 Å². The molecule has 1 atom stereocenters. The molecule has 0 bridgehead atoms. The molecule has 22 heavy (non-hydrogen) atoms. The molecule has 1 aliphatic carbocycles. The summed E-state index contributed by atoms with van der Waals surface area (Å²) in [7, 11) is 0. The van der Waals surface area contributed by atoms with Gasteiger partial charge in [-0.05, 0) is 25.7 Å². The fourth-order valence-corrected chi connectivity index (χ4v) is 4.18. The zero-order valence-corrected chi connectivity index (χ0v) is 12.9. The van der Waals surface area contributed by atoms with Crippen LogP contribution in [0.1, 0.15) is 49.9 Å². The number of H-pyrrole nitrogens is 1. The molecule has 1 saturated carbocycles. The van der Waals surface area contributed by atoms with Gasteiger partial charge < -0.3 is 15.0 Å². The number of aromatic amines is 1. The summed E-state index contributed by atoms with van der Waals surface area (Å²) in [5.41, 5.74) is 1.98. The van der Waals surface area contributed by atoms with Gasteiger partial charge >= 0.3 is 0 Å². The average molecular weight is 304 g/mol. The Labute approximate surface area is 130 Å². The zero-order valence-electron chi connectivity index (χ0n) is 12.9. The molecule has 4 rings (SSSR count). The van der Waals surface area contributed by atoms with Crippen molar-refractivity contribution in [2.75, 3.05) is 13.2 Å². The Bertz CT molecular complexity index is 544. The standard InChI is InChI=1S/C16H24N4O2/c21-15(19-11-3-1-2-4-11)13-9-12-14(18-10-17-12)16(20-13)5-7-22-8-6-16/h10-11,13,20H,1-9H2,(H,17,18)(H,19,21). The van der Waals surface area contributed by atoms with Gasteiger partial charge in [-0.2, -0.15) is 0 Å². The van der Waals surface area contributed by atoms with Crippen LogP contribution in [0, 0.1) is 0 Å². The Hall–Kier alpha value is -1.40. The molecule has 3 aliphatic rings. The van der Waals surface area contributed by atoms with Crippen molar-refractivity contribution >= 4 is 5.91 Å². The Morgan fingerprint density at radius 1 is 1.32 bits per heavy atom. The highest BCUT2D eigenvalue weighted by Crippen LogP contribution is 2.36. The van der Waals surface area contributed by atoms with E-state index in [-0.39, 0.29) is 17.5 Å². The van der Waals surface area contributed by atoms with Crippen LogP contribution in [-0.4, -0.2) is 41.2 Å².